The smallest absolute Gasteiger partial charge is 0.225 e. The standard InChI is InChI=1S/C21H35N5O2/c1-21(2,3)19(27)23-10-11-24-20(22-4)26-14-12-25(13-15-26)16-17-28-18-8-6-5-7-9-18/h5-9H,10-17H2,1-4H3,(H,22,24)(H,23,27). The predicted molar refractivity (Wildman–Crippen MR) is 114 cm³/mol. The number of guanidine groups is 1. The summed E-state index contributed by atoms with van der Waals surface area (Å²) in [5, 5.41) is 6.30. The van der Waals surface area contributed by atoms with Crippen molar-refractivity contribution in [2.24, 2.45) is 10.4 Å². The Kier molecular flexibility index (Phi) is 8.57. The first-order valence-electron chi connectivity index (χ1n) is 10.0. The van der Waals surface area contributed by atoms with Crippen LogP contribution in [0.3, 0.4) is 0 Å². The van der Waals surface area contributed by atoms with E-state index in [0.29, 0.717) is 19.7 Å². The van der Waals surface area contributed by atoms with Gasteiger partial charge in [-0.05, 0) is 12.1 Å². The zero-order valence-corrected chi connectivity index (χ0v) is 17.7. The molecule has 0 unspecified atom stereocenters. The van der Waals surface area contributed by atoms with Crippen LogP contribution in [0.1, 0.15) is 20.8 Å². The van der Waals surface area contributed by atoms with Crippen LogP contribution in [0, 0.1) is 5.41 Å². The van der Waals surface area contributed by atoms with Crippen molar-refractivity contribution in [1.29, 1.82) is 0 Å². The second-order valence-electron chi connectivity index (χ2n) is 7.97. The van der Waals surface area contributed by atoms with Gasteiger partial charge in [0, 0.05) is 58.3 Å². The molecule has 1 aromatic rings. The molecule has 1 fully saturated rings. The average Bonchev–Trinajstić information content (AvgIpc) is 2.69. The summed E-state index contributed by atoms with van der Waals surface area (Å²) >= 11 is 0. The quantitative estimate of drug-likeness (QED) is 0.419. The lowest BCUT2D eigenvalue weighted by molar-refractivity contribution is -0.128. The first-order chi connectivity index (χ1) is 13.4. The Morgan fingerprint density at radius 1 is 1.07 bits per heavy atom. The molecule has 1 heterocycles. The van der Waals surface area contributed by atoms with Crippen LogP contribution in [0.5, 0.6) is 5.75 Å². The van der Waals surface area contributed by atoms with E-state index in [4.69, 9.17) is 4.74 Å². The van der Waals surface area contributed by atoms with Gasteiger partial charge in [0.05, 0.1) is 0 Å². The second kappa shape index (κ2) is 10.9. The van der Waals surface area contributed by atoms with E-state index >= 15 is 0 Å². The van der Waals surface area contributed by atoms with E-state index in [2.05, 4.69) is 25.4 Å². The van der Waals surface area contributed by atoms with Crippen LogP contribution in [0.2, 0.25) is 0 Å². The summed E-state index contributed by atoms with van der Waals surface area (Å²) in [5.41, 5.74) is -0.359. The van der Waals surface area contributed by atoms with Crippen molar-refractivity contribution in [2.45, 2.75) is 20.8 Å². The third-order valence-corrected chi connectivity index (χ3v) is 4.68. The summed E-state index contributed by atoms with van der Waals surface area (Å²) in [6.07, 6.45) is 0. The van der Waals surface area contributed by atoms with E-state index in [1.54, 1.807) is 7.05 Å². The minimum absolute atomic E-state index is 0.0654. The van der Waals surface area contributed by atoms with Crippen molar-refractivity contribution >= 4 is 11.9 Å². The van der Waals surface area contributed by atoms with Crippen LogP contribution < -0.4 is 15.4 Å². The maximum absolute atomic E-state index is 11.9. The van der Waals surface area contributed by atoms with E-state index in [9.17, 15) is 4.79 Å². The number of nitrogens with one attached hydrogen (secondary N) is 2. The number of ether oxygens (including phenoxy) is 1. The number of carbonyl (C=O) groups excluding carboxylic acids is 1. The third kappa shape index (κ3) is 7.38. The maximum Gasteiger partial charge on any atom is 0.225 e. The largest absolute Gasteiger partial charge is 0.492 e. The third-order valence-electron chi connectivity index (χ3n) is 4.68. The Balaban J connectivity index is 1.63. The van der Waals surface area contributed by atoms with Gasteiger partial charge >= 0.3 is 0 Å². The summed E-state index contributed by atoms with van der Waals surface area (Å²) in [4.78, 5) is 21.0. The van der Waals surface area contributed by atoms with E-state index in [-0.39, 0.29) is 11.3 Å². The molecule has 1 aliphatic heterocycles. The number of benzene rings is 1. The van der Waals surface area contributed by atoms with Gasteiger partial charge in [-0.15, -0.1) is 0 Å². The van der Waals surface area contributed by atoms with Crippen molar-refractivity contribution in [3.8, 4) is 5.75 Å². The number of nitrogens with zero attached hydrogens (tertiary/aromatic N) is 3. The Labute approximate surface area is 169 Å². The summed E-state index contributed by atoms with van der Waals surface area (Å²) in [6, 6.07) is 9.93. The molecule has 28 heavy (non-hydrogen) atoms. The molecule has 0 radical (unpaired) electrons. The highest BCUT2D eigenvalue weighted by Gasteiger charge is 2.21. The van der Waals surface area contributed by atoms with Gasteiger partial charge in [0.25, 0.3) is 0 Å². The molecule has 7 nitrogen and oxygen atoms in total. The minimum atomic E-state index is -0.359. The van der Waals surface area contributed by atoms with Crippen molar-refractivity contribution in [2.75, 3.05) is 59.5 Å². The zero-order chi connectivity index (χ0) is 20.4. The van der Waals surface area contributed by atoms with Crippen LogP contribution >= 0.6 is 0 Å². The Bertz CT molecular complexity index is 619. The molecule has 0 atom stereocenters. The van der Waals surface area contributed by atoms with Crippen LogP contribution in [-0.2, 0) is 4.79 Å². The first-order valence-corrected chi connectivity index (χ1v) is 10.0. The molecule has 1 aromatic carbocycles. The number of hydrogen-bond donors (Lipinski definition) is 2. The van der Waals surface area contributed by atoms with Gasteiger partial charge in [-0.2, -0.15) is 0 Å². The van der Waals surface area contributed by atoms with Crippen LogP contribution in [0.25, 0.3) is 0 Å². The van der Waals surface area contributed by atoms with Gasteiger partial charge in [0.15, 0.2) is 5.96 Å². The van der Waals surface area contributed by atoms with E-state index in [1.807, 2.05) is 51.1 Å². The summed E-state index contributed by atoms with van der Waals surface area (Å²) < 4.78 is 5.79. The van der Waals surface area contributed by atoms with E-state index < -0.39 is 0 Å². The number of aliphatic imine (C=N–C) groups is 1. The summed E-state index contributed by atoms with van der Waals surface area (Å²) in [5.74, 6) is 1.88. The molecule has 0 saturated carbocycles. The molecule has 2 N–H and O–H groups in total. The topological polar surface area (TPSA) is 69.2 Å². The highest BCUT2D eigenvalue weighted by atomic mass is 16.5. The van der Waals surface area contributed by atoms with Gasteiger partial charge in [0.1, 0.15) is 12.4 Å². The van der Waals surface area contributed by atoms with Crippen LogP contribution in [-0.4, -0.2) is 81.1 Å². The molecule has 7 heteroatoms. The minimum Gasteiger partial charge on any atom is -0.492 e. The monoisotopic (exact) mass is 389 g/mol. The number of carbonyl (C=O) groups is 1. The van der Waals surface area contributed by atoms with E-state index in [1.165, 1.54) is 0 Å². The molecule has 1 saturated heterocycles. The molecule has 156 valence electrons. The second-order valence-corrected chi connectivity index (χ2v) is 7.97. The number of hydrogen-bond acceptors (Lipinski definition) is 4. The fourth-order valence-electron chi connectivity index (χ4n) is 2.94. The highest BCUT2D eigenvalue weighted by molar-refractivity contribution is 5.82. The van der Waals surface area contributed by atoms with Gasteiger partial charge < -0.3 is 20.3 Å². The van der Waals surface area contributed by atoms with Crippen molar-refractivity contribution in [3.05, 3.63) is 30.3 Å². The van der Waals surface area contributed by atoms with Gasteiger partial charge in [-0.1, -0.05) is 39.0 Å². The first kappa shape index (κ1) is 22.0. The van der Waals surface area contributed by atoms with Crippen LogP contribution in [0.4, 0.5) is 0 Å². The Hall–Kier alpha value is -2.28. The van der Waals surface area contributed by atoms with Gasteiger partial charge in [0.2, 0.25) is 5.91 Å². The molecule has 0 spiro atoms. The van der Waals surface area contributed by atoms with Gasteiger partial charge in [-0.3, -0.25) is 14.7 Å². The van der Waals surface area contributed by atoms with Crippen molar-refractivity contribution < 1.29 is 9.53 Å². The lowest BCUT2D eigenvalue weighted by Gasteiger charge is -2.36. The SMILES string of the molecule is CN=C(NCCNC(=O)C(C)(C)C)N1CCN(CCOc2ccccc2)CC1. The molecular formula is C21H35N5O2. The zero-order valence-electron chi connectivity index (χ0n) is 17.7. The lowest BCUT2D eigenvalue weighted by atomic mass is 9.96. The fourth-order valence-corrected chi connectivity index (χ4v) is 2.94. The highest BCUT2D eigenvalue weighted by Crippen LogP contribution is 2.12. The van der Waals surface area contributed by atoms with Crippen LogP contribution in [0.15, 0.2) is 35.3 Å². The molecule has 1 amide bonds. The Morgan fingerprint density at radius 3 is 2.32 bits per heavy atom. The maximum atomic E-state index is 11.9. The molecule has 1 aliphatic rings. The fraction of sp³-hybridized carbons (Fsp3) is 0.619. The average molecular weight is 390 g/mol. The number of amides is 1. The van der Waals surface area contributed by atoms with Gasteiger partial charge in [-0.25, -0.2) is 0 Å². The lowest BCUT2D eigenvalue weighted by Crippen LogP contribution is -2.53. The summed E-state index contributed by atoms with van der Waals surface area (Å²) in [6.45, 7) is 12.5. The predicted octanol–water partition coefficient (Wildman–Crippen LogP) is 1.42. The normalized spacial score (nSPS) is 16.0. The molecule has 0 aromatic heterocycles. The number of piperazine rings is 1. The number of rotatable bonds is 7. The molecule has 0 aliphatic carbocycles. The molecular weight excluding hydrogens is 354 g/mol. The van der Waals surface area contributed by atoms with E-state index in [0.717, 1.165) is 44.4 Å². The summed E-state index contributed by atoms with van der Waals surface area (Å²) in [7, 11) is 1.80. The van der Waals surface area contributed by atoms with Crippen molar-refractivity contribution in [1.82, 2.24) is 20.4 Å². The molecule has 2 rings (SSSR count). The Morgan fingerprint density at radius 2 is 1.71 bits per heavy atom. The molecule has 0 bridgehead atoms. The number of para-hydroxylation sites is 1. The van der Waals surface area contributed by atoms with Crippen molar-refractivity contribution in [3.63, 3.8) is 0 Å².